The maximum absolute atomic E-state index is 14.0. The fraction of sp³-hybridized carbons (Fsp3) is 0.500. The molecule has 3 aromatic rings. The molecule has 1 amide bonds. The van der Waals surface area contributed by atoms with Crippen molar-refractivity contribution in [2.45, 2.75) is 65.3 Å². The van der Waals surface area contributed by atoms with Gasteiger partial charge < -0.3 is 28.6 Å². The maximum Gasteiger partial charge on any atom is 0.410 e. The number of halogens is 1. The second-order valence-corrected chi connectivity index (χ2v) is 11.5. The van der Waals surface area contributed by atoms with E-state index in [-0.39, 0.29) is 30.1 Å². The summed E-state index contributed by atoms with van der Waals surface area (Å²) in [4.78, 5) is 34.5. The number of likely N-dealkylation sites (tertiary alicyclic amines) is 1. The highest BCUT2D eigenvalue weighted by atomic mass is 19.1. The third-order valence-electron chi connectivity index (χ3n) is 7.59. The average Bonchev–Trinajstić information content (AvgIpc) is 2.91. The highest BCUT2D eigenvalue weighted by molar-refractivity contribution is 5.82. The van der Waals surface area contributed by atoms with Crippen molar-refractivity contribution < 1.29 is 23.4 Å². The summed E-state index contributed by atoms with van der Waals surface area (Å²) in [5.41, 5.74) is 1.51. The Morgan fingerprint density at radius 3 is 2.55 bits per heavy atom. The number of aromatic nitrogens is 2. The lowest BCUT2D eigenvalue weighted by Gasteiger charge is -2.44. The van der Waals surface area contributed by atoms with Crippen molar-refractivity contribution in [3.05, 3.63) is 64.0 Å². The SMILES string of the molecule is Cc1cc(=O)n(CCN2CCC(N(C(=O)OCc3cc4c(cn3)OCCO4)C(C)(C)C)CC2)c2cc(F)ccc12. The number of pyridine rings is 2. The summed E-state index contributed by atoms with van der Waals surface area (Å²) < 4.78 is 32.5. The van der Waals surface area contributed by atoms with Crippen molar-refractivity contribution in [1.29, 1.82) is 0 Å². The Balaban J connectivity index is 1.19. The summed E-state index contributed by atoms with van der Waals surface area (Å²) in [5.74, 6) is 0.848. The number of amides is 1. The van der Waals surface area contributed by atoms with Crippen molar-refractivity contribution in [3.63, 3.8) is 0 Å². The van der Waals surface area contributed by atoms with Gasteiger partial charge in [-0.1, -0.05) is 0 Å². The van der Waals surface area contributed by atoms with Gasteiger partial charge in [0.25, 0.3) is 5.56 Å². The highest BCUT2D eigenvalue weighted by Crippen LogP contribution is 2.30. The summed E-state index contributed by atoms with van der Waals surface area (Å²) >= 11 is 0. The van der Waals surface area contributed by atoms with Gasteiger partial charge in [-0.3, -0.25) is 9.78 Å². The second kappa shape index (κ2) is 11.4. The van der Waals surface area contributed by atoms with Gasteiger partial charge in [0.15, 0.2) is 11.5 Å². The smallest absolute Gasteiger partial charge is 0.410 e. The second-order valence-electron chi connectivity index (χ2n) is 11.5. The van der Waals surface area contributed by atoms with Gasteiger partial charge in [-0.05, 0) is 64.3 Å². The van der Waals surface area contributed by atoms with E-state index in [0.717, 1.165) is 36.9 Å². The van der Waals surface area contributed by atoms with Crippen LogP contribution < -0.4 is 15.0 Å². The van der Waals surface area contributed by atoms with Crippen molar-refractivity contribution in [1.82, 2.24) is 19.4 Å². The van der Waals surface area contributed by atoms with Crippen LogP contribution in [0.3, 0.4) is 0 Å². The fourth-order valence-corrected chi connectivity index (χ4v) is 5.64. The average molecular weight is 553 g/mol. The summed E-state index contributed by atoms with van der Waals surface area (Å²) in [6, 6.07) is 7.97. The number of nitrogens with zero attached hydrogens (tertiary/aromatic N) is 4. The van der Waals surface area contributed by atoms with Crippen LogP contribution >= 0.6 is 0 Å². The van der Waals surface area contributed by atoms with Crippen molar-refractivity contribution in [2.75, 3.05) is 32.8 Å². The predicted octanol–water partition coefficient (Wildman–Crippen LogP) is 4.52. The molecule has 0 saturated carbocycles. The van der Waals surface area contributed by atoms with Crippen LogP contribution in [0.1, 0.15) is 44.9 Å². The Kier molecular flexibility index (Phi) is 7.98. The lowest BCUT2D eigenvalue weighted by atomic mass is 9.97. The van der Waals surface area contributed by atoms with Crippen LogP contribution in [0.5, 0.6) is 11.5 Å². The van der Waals surface area contributed by atoms with Crippen LogP contribution in [0.2, 0.25) is 0 Å². The van der Waals surface area contributed by atoms with E-state index in [1.807, 2.05) is 32.6 Å². The lowest BCUT2D eigenvalue weighted by Crippen LogP contribution is -2.55. The molecule has 0 aliphatic carbocycles. The number of hydrogen-bond donors (Lipinski definition) is 0. The van der Waals surface area contributed by atoms with Gasteiger partial charge in [-0.2, -0.15) is 0 Å². The highest BCUT2D eigenvalue weighted by Gasteiger charge is 2.36. The van der Waals surface area contributed by atoms with Crippen LogP contribution in [0.4, 0.5) is 9.18 Å². The van der Waals surface area contributed by atoms with Crippen LogP contribution in [-0.4, -0.2) is 69.9 Å². The molecule has 0 bridgehead atoms. The van der Waals surface area contributed by atoms with E-state index in [0.29, 0.717) is 49.0 Å². The van der Waals surface area contributed by atoms with Gasteiger partial charge in [-0.25, -0.2) is 9.18 Å². The first-order valence-electron chi connectivity index (χ1n) is 13.8. The zero-order valence-corrected chi connectivity index (χ0v) is 23.6. The molecule has 0 N–H and O–H groups in total. The number of carbonyl (C=O) groups excluding carboxylic acids is 1. The number of carbonyl (C=O) groups is 1. The van der Waals surface area contributed by atoms with E-state index in [1.165, 1.54) is 12.1 Å². The number of piperidine rings is 1. The van der Waals surface area contributed by atoms with Crippen molar-refractivity contribution >= 4 is 17.0 Å². The first kappa shape index (κ1) is 27.9. The van der Waals surface area contributed by atoms with Crippen LogP contribution in [-0.2, 0) is 17.9 Å². The van der Waals surface area contributed by atoms with Gasteiger partial charge in [0, 0.05) is 55.3 Å². The number of ether oxygens (including phenoxy) is 3. The van der Waals surface area contributed by atoms with E-state index < -0.39 is 5.54 Å². The Morgan fingerprint density at radius 2 is 1.82 bits per heavy atom. The molecule has 0 unspecified atom stereocenters. The van der Waals surface area contributed by atoms with Crippen LogP contribution in [0.25, 0.3) is 10.9 Å². The fourth-order valence-electron chi connectivity index (χ4n) is 5.64. The molecule has 2 aliphatic rings. The van der Waals surface area contributed by atoms with E-state index in [1.54, 1.807) is 29.0 Å². The first-order chi connectivity index (χ1) is 19.1. The minimum absolute atomic E-state index is 0.0222. The molecule has 1 aromatic carbocycles. The minimum Gasteiger partial charge on any atom is -0.486 e. The van der Waals surface area contributed by atoms with Gasteiger partial charge in [0.05, 0.1) is 17.4 Å². The molecule has 9 nitrogen and oxygen atoms in total. The molecular formula is C30H37FN4O5. The molecular weight excluding hydrogens is 515 g/mol. The number of benzene rings is 1. The molecule has 0 atom stereocenters. The normalized spacial score (nSPS) is 16.2. The number of hydrogen-bond acceptors (Lipinski definition) is 7. The lowest BCUT2D eigenvalue weighted by molar-refractivity contribution is 0.0192. The first-order valence-corrected chi connectivity index (χ1v) is 13.8. The van der Waals surface area contributed by atoms with Gasteiger partial charge >= 0.3 is 6.09 Å². The molecule has 1 fully saturated rings. The monoisotopic (exact) mass is 552 g/mol. The largest absolute Gasteiger partial charge is 0.486 e. The van der Waals surface area contributed by atoms with Crippen molar-refractivity contribution in [3.8, 4) is 11.5 Å². The summed E-state index contributed by atoms with van der Waals surface area (Å²) in [7, 11) is 0. The Hall–Kier alpha value is -3.66. The topological polar surface area (TPSA) is 86.1 Å². The number of aryl methyl sites for hydroxylation is 1. The summed E-state index contributed by atoms with van der Waals surface area (Å²) in [6.45, 7) is 11.6. The van der Waals surface area contributed by atoms with E-state index >= 15 is 0 Å². The van der Waals surface area contributed by atoms with E-state index in [2.05, 4.69) is 9.88 Å². The Labute approximate surface area is 233 Å². The third-order valence-corrected chi connectivity index (χ3v) is 7.59. The summed E-state index contributed by atoms with van der Waals surface area (Å²) in [6.07, 6.45) is 2.79. The molecule has 2 aromatic heterocycles. The standard InChI is InChI=1S/C30H37FN4O5/c1-20-15-28(36)34(25-16-21(31)5-6-24(20)25)12-11-33-9-7-23(8-10-33)35(30(2,3)4)29(37)40-19-22-17-26-27(18-32-22)39-14-13-38-26/h5-6,15-18,23H,7-14,19H2,1-4H3. The van der Waals surface area contributed by atoms with Crippen LogP contribution in [0, 0.1) is 12.7 Å². The molecule has 40 heavy (non-hydrogen) atoms. The molecule has 10 heteroatoms. The Bertz CT molecular complexity index is 1440. The quantitative estimate of drug-likeness (QED) is 0.445. The van der Waals surface area contributed by atoms with Crippen LogP contribution in [0.15, 0.2) is 41.3 Å². The summed E-state index contributed by atoms with van der Waals surface area (Å²) in [5, 5.41) is 0.880. The maximum atomic E-state index is 14.0. The third kappa shape index (κ3) is 6.06. The van der Waals surface area contributed by atoms with Crippen molar-refractivity contribution in [2.24, 2.45) is 0 Å². The van der Waals surface area contributed by atoms with Gasteiger partial charge in [0.1, 0.15) is 25.6 Å². The number of fused-ring (bicyclic) bond motifs is 2. The molecule has 214 valence electrons. The van der Waals surface area contributed by atoms with Gasteiger partial charge in [-0.15, -0.1) is 0 Å². The Morgan fingerprint density at radius 1 is 1.10 bits per heavy atom. The van der Waals surface area contributed by atoms with Gasteiger partial charge in [0.2, 0.25) is 0 Å². The van der Waals surface area contributed by atoms with E-state index in [4.69, 9.17) is 14.2 Å². The molecule has 1 saturated heterocycles. The molecule has 2 aliphatic heterocycles. The molecule has 5 rings (SSSR count). The zero-order chi connectivity index (χ0) is 28.4. The minimum atomic E-state index is -0.428. The zero-order valence-electron chi connectivity index (χ0n) is 23.6. The molecule has 4 heterocycles. The molecule has 0 radical (unpaired) electrons. The number of rotatable bonds is 6. The van der Waals surface area contributed by atoms with E-state index in [9.17, 15) is 14.0 Å². The molecule has 0 spiro atoms. The predicted molar refractivity (Wildman–Crippen MR) is 149 cm³/mol.